The zero-order chi connectivity index (χ0) is 15.6. The van der Waals surface area contributed by atoms with E-state index in [-0.39, 0.29) is 5.91 Å². The van der Waals surface area contributed by atoms with Crippen LogP contribution in [0.3, 0.4) is 0 Å². The summed E-state index contributed by atoms with van der Waals surface area (Å²) < 4.78 is 0. The van der Waals surface area contributed by atoms with Crippen molar-refractivity contribution in [2.24, 2.45) is 0 Å². The van der Waals surface area contributed by atoms with Gasteiger partial charge in [0.2, 0.25) is 5.95 Å². The zero-order valence-electron chi connectivity index (χ0n) is 12.4. The van der Waals surface area contributed by atoms with Gasteiger partial charge in [0, 0.05) is 44.1 Å². The van der Waals surface area contributed by atoms with Gasteiger partial charge in [-0.05, 0) is 24.3 Å². The summed E-state index contributed by atoms with van der Waals surface area (Å²) in [5.74, 6) is 0.729. The Kier molecular flexibility index (Phi) is 3.34. The third-order valence-electron chi connectivity index (χ3n) is 3.97. The van der Waals surface area contributed by atoms with Crippen molar-refractivity contribution in [2.75, 3.05) is 31.1 Å². The number of anilines is 1. The molecule has 1 aliphatic rings. The van der Waals surface area contributed by atoms with Crippen molar-refractivity contribution in [2.45, 2.75) is 0 Å². The molecule has 8 nitrogen and oxygen atoms in total. The summed E-state index contributed by atoms with van der Waals surface area (Å²) in [5.41, 5.74) is 2.09. The number of piperazine rings is 1. The maximum atomic E-state index is 12.6. The summed E-state index contributed by atoms with van der Waals surface area (Å²) in [6.45, 7) is 2.74. The summed E-state index contributed by atoms with van der Waals surface area (Å²) in [4.78, 5) is 25.1. The first-order chi connectivity index (χ1) is 11.3. The topological polar surface area (TPSA) is 90.9 Å². The summed E-state index contributed by atoms with van der Waals surface area (Å²) in [7, 11) is 0. The van der Waals surface area contributed by atoms with Gasteiger partial charge in [-0.15, -0.1) is 0 Å². The molecule has 8 heteroatoms. The highest BCUT2D eigenvalue weighted by molar-refractivity contribution is 5.97. The van der Waals surface area contributed by atoms with Crippen LogP contribution in [-0.2, 0) is 0 Å². The molecule has 3 heterocycles. The van der Waals surface area contributed by atoms with Crippen molar-refractivity contribution in [3.05, 3.63) is 42.2 Å². The Bertz CT molecular complexity index is 824. The normalized spacial score (nSPS) is 15.1. The molecule has 0 radical (unpaired) electrons. The number of rotatable bonds is 2. The molecule has 0 spiro atoms. The van der Waals surface area contributed by atoms with Crippen molar-refractivity contribution >= 4 is 22.9 Å². The van der Waals surface area contributed by atoms with Gasteiger partial charge >= 0.3 is 0 Å². The van der Waals surface area contributed by atoms with E-state index >= 15 is 0 Å². The third kappa shape index (κ3) is 2.59. The van der Waals surface area contributed by atoms with Gasteiger partial charge < -0.3 is 9.80 Å². The minimum atomic E-state index is 0.0172. The standard InChI is InChI=1S/C15H15N7O/c23-14(11-2-3-12-13(10-11)19-20-18-12)21-6-8-22(9-7-21)15-16-4-1-5-17-15/h1-5,10H,6-9H2,(H,18,19,20). The highest BCUT2D eigenvalue weighted by Gasteiger charge is 2.23. The van der Waals surface area contributed by atoms with Gasteiger partial charge in [-0.25, -0.2) is 9.97 Å². The number of hydrogen-bond acceptors (Lipinski definition) is 6. The highest BCUT2D eigenvalue weighted by atomic mass is 16.2. The van der Waals surface area contributed by atoms with E-state index in [2.05, 4.69) is 30.3 Å². The number of carbonyl (C=O) groups is 1. The number of hydrogen-bond donors (Lipinski definition) is 1. The number of nitrogens with zero attached hydrogens (tertiary/aromatic N) is 6. The number of benzene rings is 1. The quantitative estimate of drug-likeness (QED) is 0.750. The molecular formula is C15H15N7O. The van der Waals surface area contributed by atoms with E-state index in [0.29, 0.717) is 30.1 Å². The van der Waals surface area contributed by atoms with E-state index in [4.69, 9.17) is 0 Å². The van der Waals surface area contributed by atoms with Crippen LogP contribution in [0.25, 0.3) is 11.0 Å². The summed E-state index contributed by atoms with van der Waals surface area (Å²) in [6.07, 6.45) is 3.46. The minimum Gasteiger partial charge on any atom is -0.337 e. The van der Waals surface area contributed by atoms with Crippen LogP contribution >= 0.6 is 0 Å². The van der Waals surface area contributed by atoms with E-state index in [1.807, 2.05) is 4.90 Å². The summed E-state index contributed by atoms with van der Waals surface area (Å²) in [6, 6.07) is 7.16. The first-order valence-corrected chi connectivity index (χ1v) is 7.43. The molecule has 1 aliphatic heterocycles. The first-order valence-electron chi connectivity index (χ1n) is 7.43. The second-order valence-corrected chi connectivity index (χ2v) is 5.36. The molecule has 2 aromatic heterocycles. The van der Waals surface area contributed by atoms with Crippen molar-refractivity contribution in [1.82, 2.24) is 30.3 Å². The van der Waals surface area contributed by atoms with Gasteiger partial charge in [-0.1, -0.05) is 0 Å². The van der Waals surface area contributed by atoms with Crippen molar-refractivity contribution in [1.29, 1.82) is 0 Å². The molecule has 23 heavy (non-hydrogen) atoms. The van der Waals surface area contributed by atoms with E-state index < -0.39 is 0 Å². The predicted octanol–water partition coefficient (Wildman–Crippen LogP) is 0.710. The number of carbonyl (C=O) groups excluding carboxylic acids is 1. The van der Waals surface area contributed by atoms with Crippen LogP contribution in [0.2, 0.25) is 0 Å². The Morgan fingerprint density at radius 1 is 1.00 bits per heavy atom. The Morgan fingerprint density at radius 2 is 1.74 bits per heavy atom. The molecular weight excluding hydrogens is 294 g/mol. The number of nitrogens with one attached hydrogen (secondary N) is 1. The lowest BCUT2D eigenvalue weighted by molar-refractivity contribution is 0.0746. The van der Waals surface area contributed by atoms with Crippen LogP contribution in [-0.4, -0.2) is 62.4 Å². The summed E-state index contributed by atoms with van der Waals surface area (Å²) >= 11 is 0. The maximum absolute atomic E-state index is 12.6. The molecule has 0 atom stereocenters. The van der Waals surface area contributed by atoms with Crippen LogP contribution < -0.4 is 4.90 Å². The molecule has 3 aromatic rings. The fraction of sp³-hybridized carbons (Fsp3) is 0.267. The number of aromatic amines is 1. The Balaban J connectivity index is 1.46. The lowest BCUT2D eigenvalue weighted by Gasteiger charge is -2.34. The van der Waals surface area contributed by atoms with E-state index in [1.165, 1.54) is 0 Å². The molecule has 0 saturated carbocycles. The molecule has 4 rings (SSSR count). The van der Waals surface area contributed by atoms with Crippen LogP contribution in [0.5, 0.6) is 0 Å². The SMILES string of the molecule is O=C(c1ccc2n[nH]nc2c1)N1CCN(c2ncccn2)CC1. The number of fused-ring (bicyclic) bond motifs is 1. The van der Waals surface area contributed by atoms with Crippen molar-refractivity contribution < 1.29 is 4.79 Å². The van der Waals surface area contributed by atoms with Crippen molar-refractivity contribution in [3.63, 3.8) is 0 Å². The second-order valence-electron chi connectivity index (χ2n) is 5.36. The Morgan fingerprint density at radius 3 is 2.52 bits per heavy atom. The smallest absolute Gasteiger partial charge is 0.254 e. The van der Waals surface area contributed by atoms with Crippen LogP contribution in [0.15, 0.2) is 36.7 Å². The average Bonchev–Trinajstić information content (AvgIpc) is 3.10. The number of amides is 1. The Labute approximate surface area is 132 Å². The largest absolute Gasteiger partial charge is 0.337 e. The highest BCUT2D eigenvalue weighted by Crippen LogP contribution is 2.15. The number of H-pyrrole nitrogens is 1. The fourth-order valence-corrected chi connectivity index (χ4v) is 2.72. The van der Waals surface area contributed by atoms with Gasteiger partial charge in [-0.2, -0.15) is 15.4 Å². The van der Waals surface area contributed by atoms with Gasteiger partial charge in [0.15, 0.2) is 0 Å². The maximum Gasteiger partial charge on any atom is 0.254 e. The molecule has 1 fully saturated rings. The minimum absolute atomic E-state index is 0.0172. The first kappa shape index (κ1) is 13.6. The third-order valence-corrected chi connectivity index (χ3v) is 3.97. The van der Waals surface area contributed by atoms with Gasteiger partial charge in [0.25, 0.3) is 5.91 Å². The number of aromatic nitrogens is 5. The zero-order valence-corrected chi connectivity index (χ0v) is 12.4. The van der Waals surface area contributed by atoms with Gasteiger partial charge in [0.05, 0.1) is 0 Å². The fourth-order valence-electron chi connectivity index (χ4n) is 2.72. The molecule has 0 bridgehead atoms. The van der Waals surface area contributed by atoms with Crippen LogP contribution in [0, 0.1) is 0 Å². The molecule has 0 unspecified atom stereocenters. The monoisotopic (exact) mass is 309 g/mol. The lowest BCUT2D eigenvalue weighted by atomic mass is 10.1. The van der Waals surface area contributed by atoms with Gasteiger partial charge in [0.1, 0.15) is 11.0 Å². The van der Waals surface area contributed by atoms with Crippen LogP contribution in [0.4, 0.5) is 5.95 Å². The molecule has 1 saturated heterocycles. The molecule has 0 aliphatic carbocycles. The Hall–Kier alpha value is -3.03. The molecule has 1 aromatic carbocycles. The second kappa shape index (κ2) is 5.64. The van der Waals surface area contributed by atoms with E-state index in [0.717, 1.165) is 18.6 Å². The van der Waals surface area contributed by atoms with E-state index in [1.54, 1.807) is 36.7 Å². The average molecular weight is 309 g/mol. The van der Waals surface area contributed by atoms with Gasteiger partial charge in [-0.3, -0.25) is 4.79 Å². The lowest BCUT2D eigenvalue weighted by Crippen LogP contribution is -2.49. The van der Waals surface area contributed by atoms with Crippen molar-refractivity contribution in [3.8, 4) is 0 Å². The molecule has 1 N–H and O–H groups in total. The predicted molar refractivity (Wildman–Crippen MR) is 84.0 cm³/mol. The molecule has 116 valence electrons. The summed E-state index contributed by atoms with van der Waals surface area (Å²) in [5, 5.41) is 10.6. The molecule has 1 amide bonds. The van der Waals surface area contributed by atoms with Crippen LogP contribution in [0.1, 0.15) is 10.4 Å². The van der Waals surface area contributed by atoms with E-state index in [9.17, 15) is 4.79 Å².